The van der Waals surface area contributed by atoms with Crippen LogP contribution in [-0.4, -0.2) is 23.7 Å². The van der Waals surface area contributed by atoms with E-state index in [1.807, 2.05) is 6.92 Å². The lowest BCUT2D eigenvalue weighted by Gasteiger charge is -2.25. The van der Waals surface area contributed by atoms with Gasteiger partial charge in [0.2, 0.25) is 15.9 Å². The number of halogens is 2. The molecule has 0 saturated carbocycles. The maximum atomic E-state index is 14.8. The molecule has 0 aliphatic heterocycles. The Kier molecular flexibility index (Phi) is 6.89. The third-order valence-electron chi connectivity index (χ3n) is 5.40. The van der Waals surface area contributed by atoms with Gasteiger partial charge in [0, 0.05) is 16.5 Å². The number of rotatable bonds is 7. The predicted molar refractivity (Wildman–Crippen MR) is 117 cm³/mol. The molecule has 3 atom stereocenters. The van der Waals surface area contributed by atoms with Gasteiger partial charge in [-0.1, -0.05) is 24.6 Å². The number of aromatic amines is 1. The van der Waals surface area contributed by atoms with Gasteiger partial charge in [0.05, 0.1) is 11.0 Å². The maximum Gasteiger partial charge on any atom is 0.434 e. The number of aliphatic hydroxyl groups excluding tert-OH is 1. The molecule has 172 valence electrons. The van der Waals surface area contributed by atoms with Crippen LogP contribution in [0.1, 0.15) is 60.1 Å². The molecule has 8 nitrogen and oxygen atoms in total. The van der Waals surface area contributed by atoms with Crippen LogP contribution in [0.2, 0.25) is 5.02 Å². The third-order valence-corrected chi connectivity index (χ3v) is 7.15. The number of aromatic nitrogens is 2. The molecule has 0 aliphatic rings. The number of benzene rings is 2. The summed E-state index contributed by atoms with van der Waals surface area (Å²) in [6.07, 6.45) is -1.13. The molecule has 3 rings (SSSR count). The number of nitrogens with zero attached hydrogens (tertiary/aromatic N) is 1. The molecular formula is C21H23ClFN3O5S. The summed E-state index contributed by atoms with van der Waals surface area (Å²) in [5.74, 6) is -2.47. The van der Waals surface area contributed by atoms with Crippen LogP contribution >= 0.6 is 11.6 Å². The molecule has 1 aromatic heterocycles. The number of hydrogen-bond acceptors (Lipinski definition) is 6. The highest BCUT2D eigenvalue weighted by atomic mass is 35.5. The summed E-state index contributed by atoms with van der Waals surface area (Å²) >= 11 is 5.96. The highest BCUT2D eigenvalue weighted by molar-refractivity contribution is 7.89. The number of aliphatic hydroxyl groups is 1. The first kappa shape index (κ1) is 24.1. The normalized spacial score (nSPS) is 14.8. The Balaban J connectivity index is 2.13. The molecule has 0 radical (unpaired) electrons. The van der Waals surface area contributed by atoms with Crippen LogP contribution in [0.25, 0.3) is 0 Å². The summed E-state index contributed by atoms with van der Waals surface area (Å²) in [5.41, 5.74) is 1.79. The first-order valence-electron chi connectivity index (χ1n) is 9.73. The molecule has 11 heteroatoms. The van der Waals surface area contributed by atoms with Gasteiger partial charge in [0.25, 0.3) is 0 Å². The highest BCUT2D eigenvalue weighted by Gasteiger charge is 2.34. The van der Waals surface area contributed by atoms with E-state index in [1.165, 1.54) is 31.2 Å². The Morgan fingerprint density at radius 1 is 1.22 bits per heavy atom. The molecule has 3 aromatic rings. The van der Waals surface area contributed by atoms with E-state index >= 15 is 0 Å². The number of nitrogens with one attached hydrogen (secondary N) is 2. The summed E-state index contributed by atoms with van der Waals surface area (Å²) in [4.78, 5) is 11.4. The van der Waals surface area contributed by atoms with E-state index in [0.717, 1.165) is 5.56 Å². The molecule has 0 amide bonds. The lowest BCUT2D eigenvalue weighted by molar-refractivity contribution is 0.196. The van der Waals surface area contributed by atoms with Crippen molar-refractivity contribution in [2.75, 3.05) is 0 Å². The minimum Gasteiger partial charge on any atom is -0.391 e. The van der Waals surface area contributed by atoms with Gasteiger partial charge in [-0.05, 0) is 61.7 Å². The van der Waals surface area contributed by atoms with Crippen molar-refractivity contribution in [3.05, 3.63) is 79.9 Å². The summed E-state index contributed by atoms with van der Waals surface area (Å²) in [7, 11) is -4.29. The van der Waals surface area contributed by atoms with Gasteiger partial charge in [0.15, 0.2) is 0 Å². The summed E-state index contributed by atoms with van der Waals surface area (Å²) in [5, 5.41) is 16.2. The van der Waals surface area contributed by atoms with Gasteiger partial charge in [-0.2, -0.15) is 4.72 Å². The smallest absolute Gasteiger partial charge is 0.391 e. The van der Waals surface area contributed by atoms with E-state index < -0.39 is 39.7 Å². The van der Waals surface area contributed by atoms with Crippen LogP contribution in [0.3, 0.4) is 0 Å². The van der Waals surface area contributed by atoms with Crippen LogP contribution < -0.4 is 10.5 Å². The summed E-state index contributed by atoms with van der Waals surface area (Å²) in [6.45, 7) is 6.54. The molecule has 3 N–H and O–H groups in total. The Morgan fingerprint density at radius 2 is 1.91 bits per heavy atom. The van der Waals surface area contributed by atoms with E-state index in [0.29, 0.717) is 5.56 Å². The quantitative estimate of drug-likeness (QED) is 0.471. The molecule has 32 heavy (non-hydrogen) atoms. The van der Waals surface area contributed by atoms with Crippen molar-refractivity contribution in [3.63, 3.8) is 0 Å². The van der Waals surface area contributed by atoms with Crippen LogP contribution in [0.4, 0.5) is 4.39 Å². The molecule has 1 heterocycles. The monoisotopic (exact) mass is 483 g/mol. The molecule has 0 aliphatic carbocycles. The fourth-order valence-electron chi connectivity index (χ4n) is 3.59. The zero-order chi connectivity index (χ0) is 23.8. The van der Waals surface area contributed by atoms with Crippen molar-refractivity contribution in [2.45, 2.75) is 50.7 Å². The minimum atomic E-state index is -4.29. The summed E-state index contributed by atoms with van der Waals surface area (Å²) < 4.78 is 48.9. The topological polar surface area (TPSA) is 125 Å². The van der Waals surface area contributed by atoms with E-state index in [-0.39, 0.29) is 26.9 Å². The average molecular weight is 484 g/mol. The fourth-order valence-corrected chi connectivity index (χ4v) is 5.33. The van der Waals surface area contributed by atoms with E-state index in [9.17, 15) is 22.7 Å². The lowest BCUT2D eigenvalue weighted by Crippen LogP contribution is -2.33. The first-order valence-corrected chi connectivity index (χ1v) is 11.6. The Hall–Kier alpha value is -2.53. The van der Waals surface area contributed by atoms with Gasteiger partial charge in [-0.3, -0.25) is 0 Å². The van der Waals surface area contributed by atoms with Crippen molar-refractivity contribution in [2.24, 2.45) is 0 Å². The standard InChI is InChI=1S/C21H23ClFN3O5S/c1-10-5-7-16(23)18(11(10)2)12(3)19(20-24-25-21(28)31-20)26-32(29,30)17-8-6-14(22)9-15(17)13(4)27/h5-9,12-13,19,26-27H,1-4H3,(H,25,28). The number of aryl methyl sites for hydroxylation is 1. The van der Waals surface area contributed by atoms with E-state index in [4.69, 9.17) is 16.0 Å². The van der Waals surface area contributed by atoms with Crippen LogP contribution in [0.15, 0.2) is 44.4 Å². The number of sulfonamides is 1. The third kappa shape index (κ3) is 4.78. The summed E-state index contributed by atoms with van der Waals surface area (Å²) in [6, 6.07) is 5.67. The maximum absolute atomic E-state index is 14.8. The number of H-pyrrole nitrogens is 1. The Bertz CT molecular complexity index is 1300. The molecule has 0 fully saturated rings. The highest BCUT2D eigenvalue weighted by Crippen LogP contribution is 2.36. The second kappa shape index (κ2) is 9.14. The van der Waals surface area contributed by atoms with Crippen molar-refractivity contribution in [1.29, 1.82) is 0 Å². The van der Waals surface area contributed by atoms with Gasteiger partial charge in [-0.25, -0.2) is 22.7 Å². The molecule has 0 saturated heterocycles. The van der Waals surface area contributed by atoms with E-state index in [1.54, 1.807) is 19.9 Å². The zero-order valence-corrected chi connectivity index (χ0v) is 19.4. The minimum absolute atomic E-state index is 0.0813. The van der Waals surface area contributed by atoms with Crippen LogP contribution in [0.5, 0.6) is 0 Å². The average Bonchev–Trinajstić information content (AvgIpc) is 3.15. The van der Waals surface area contributed by atoms with Crippen molar-refractivity contribution < 1.29 is 22.3 Å². The van der Waals surface area contributed by atoms with Crippen LogP contribution in [0, 0.1) is 19.7 Å². The SMILES string of the molecule is Cc1ccc(F)c(C(C)C(NS(=O)(=O)c2ccc(Cl)cc2C(C)O)c2n[nH]c(=O)o2)c1C. The Labute approximate surface area is 189 Å². The van der Waals surface area contributed by atoms with Gasteiger partial charge < -0.3 is 9.52 Å². The van der Waals surface area contributed by atoms with Crippen molar-refractivity contribution >= 4 is 21.6 Å². The first-order chi connectivity index (χ1) is 14.9. The van der Waals surface area contributed by atoms with Gasteiger partial charge in [0.1, 0.15) is 11.9 Å². The van der Waals surface area contributed by atoms with Gasteiger partial charge >= 0.3 is 5.76 Å². The second-order valence-electron chi connectivity index (χ2n) is 7.60. The Morgan fingerprint density at radius 3 is 2.50 bits per heavy atom. The lowest BCUT2D eigenvalue weighted by atomic mass is 9.88. The van der Waals surface area contributed by atoms with Crippen molar-refractivity contribution in [3.8, 4) is 0 Å². The van der Waals surface area contributed by atoms with Crippen molar-refractivity contribution in [1.82, 2.24) is 14.9 Å². The predicted octanol–water partition coefficient (Wildman–Crippen LogP) is 3.65. The molecule has 0 bridgehead atoms. The van der Waals surface area contributed by atoms with Crippen LogP contribution in [-0.2, 0) is 10.0 Å². The molecular weight excluding hydrogens is 461 g/mol. The zero-order valence-electron chi connectivity index (χ0n) is 17.8. The van der Waals surface area contributed by atoms with Gasteiger partial charge in [-0.15, -0.1) is 5.10 Å². The number of hydrogen-bond donors (Lipinski definition) is 3. The fraction of sp³-hybridized carbons (Fsp3) is 0.333. The second-order valence-corrected chi connectivity index (χ2v) is 9.72. The molecule has 0 spiro atoms. The molecule has 2 aromatic carbocycles. The molecule has 3 unspecified atom stereocenters. The largest absolute Gasteiger partial charge is 0.434 e. The van der Waals surface area contributed by atoms with E-state index in [2.05, 4.69) is 14.9 Å².